The molecule has 0 saturated carbocycles. The van der Waals surface area contributed by atoms with Crippen molar-refractivity contribution in [1.29, 1.82) is 0 Å². The van der Waals surface area contributed by atoms with E-state index in [1.165, 1.54) is 19.4 Å². The number of hydrogen-bond donors (Lipinski definition) is 4. The molecular formula is C17H24O9. The van der Waals surface area contributed by atoms with Crippen LogP contribution < -0.4 is 0 Å². The van der Waals surface area contributed by atoms with Crippen molar-refractivity contribution in [3.05, 3.63) is 23.5 Å². The number of methoxy groups -OCH3 is 1. The van der Waals surface area contributed by atoms with Crippen molar-refractivity contribution in [3.8, 4) is 0 Å². The Bertz CT molecular complexity index is 613. The van der Waals surface area contributed by atoms with Crippen LogP contribution in [-0.4, -0.2) is 83.0 Å². The van der Waals surface area contributed by atoms with Gasteiger partial charge in [-0.05, 0) is 13.0 Å². The van der Waals surface area contributed by atoms with E-state index in [-0.39, 0.29) is 18.8 Å². The highest BCUT2D eigenvalue weighted by atomic mass is 16.8. The molecule has 0 radical (unpaired) electrons. The lowest BCUT2D eigenvalue weighted by atomic mass is 9.79. The SMILES string of the molecule is COCC1=CO[C@]2(O[C@@H]3O[C@H](CO)[C@@H](O)[C@H](O)[C@H]3O)C[C@H]1C(=O)C=C2C. The fourth-order valence-corrected chi connectivity index (χ4v) is 3.48. The van der Waals surface area contributed by atoms with Gasteiger partial charge in [0.1, 0.15) is 24.4 Å². The summed E-state index contributed by atoms with van der Waals surface area (Å²) in [5.74, 6) is -1.94. The van der Waals surface area contributed by atoms with Gasteiger partial charge in [0, 0.05) is 24.7 Å². The number of ketones is 1. The molecule has 2 aliphatic heterocycles. The Morgan fingerprint density at radius 3 is 2.65 bits per heavy atom. The van der Waals surface area contributed by atoms with Crippen molar-refractivity contribution in [2.45, 2.75) is 49.8 Å². The molecule has 3 rings (SSSR count). The van der Waals surface area contributed by atoms with Gasteiger partial charge in [0.25, 0.3) is 0 Å². The van der Waals surface area contributed by atoms with Crippen LogP contribution in [0.1, 0.15) is 13.3 Å². The molecule has 26 heavy (non-hydrogen) atoms. The maximum absolute atomic E-state index is 12.3. The van der Waals surface area contributed by atoms with Gasteiger partial charge in [-0.25, -0.2) is 0 Å². The molecule has 9 heteroatoms. The first-order chi connectivity index (χ1) is 12.3. The van der Waals surface area contributed by atoms with Gasteiger partial charge in [0.15, 0.2) is 12.1 Å². The predicted molar refractivity (Wildman–Crippen MR) is 85.5 cm³/mol. The van der Waals surface area contributed by atoms with Crippen LogP contribution in [0.2, 0.25) is 0 Å². The first-order valence-corrected chi connectivity index (χ1v) is 8.39. The summed E-state index contributed by atoms with van der Waals surface area (Å²) in [6, 6.07) is 0. The number of carbonyl (C=O) groups is 1. The third-order valence-electron chi connectivity index (χ3n) is 5.09. The highest BCUT2D eigenvalue weighted by Crippen LogP contribution is 2.44. The number of carbonyl (C=O) groups excluding carboxylic acids is 1. The zero-order valence-corrected chi connectivity index (χ0v) is 14.6. The van der Waals surface area contributed by atoms with E-state index in [1.54, 1.807) is 6.92 Å². The number of ether oxygens (including phenoxy) is 4. The molecule has 0 aromatic carbocycles. The topological polar surface area (TPSA) is 135 Å². The van der Waals surface area contributed by atoms with Gasteiger partial charge in [-0.15, -0.1) is 0 Å². The van der Waals surface area contributed by atoms with Gasteiger partial charge in [-0.1, -0.05) is 0 Å². The number of fused-ring (bicyclic) bond motifs is 2. The zero-order valence-electron chi connectivity index (χ0n) is 14.6. The van der Waals surface area contributed by atoms with Gasteiger partial charge < -0.3 is 39.4 Å². The van der Waals surface area contributed by atoms with Crippen molar-refractivity contribution in [2.24, 2.45) is 5.92 Å². The van der Waals surface area contributed by atoms with Crippen LogP contribution in [0.5, 0.6) is 0 Å². The van der Waals surface area contributed by atoms with E-state index in [9.17, 15) is 25.2 Å². The molecule has 0 aromatic heterocycles. The first-order valence-electron chi connectivity index (χ1n) is 8.39. The van der Waals surface area contributed by atoms with Crippen molar-refractivity contribution >= 4 is 5.78 Å². The molecule has 0 aromatic rings. The van der Waals surface area contributed by atoms with E-state index in [0.717, 1.165) is 0 Å². The van der Waals surface area contributed by atoms with Gasteiger partial charge in [-0.2, -0.15) is 0 Å². The van der Waals surface area contributed by atoms with Gasteiger partial charge >= 0.3 is 0 Å². The van der Waals surface area contributed by atoms with Crippen LogP contribution in [0, 0.1) is 5.92 Å². The van der Waals surface area contributed by atoms with E-state index in [2.05, 4.69) is 0 Å². The standard InChI is InChI=1S/C17H24O9/c1-8-3-11(19)10-4-17(8,24-7-9(10)6-23-2)26-16-15(22)14(21)13(20)12(5-18)25-16/h3,7,10,12-16,18,20-22H,4-6H2,1-2H3/t10-,12-,13-,14+,15-,16+,17+/m1/s1. The summed E-state index contributed by atoms with van der Waals surface area (Å²) >= 11 is 0. The van der Waals surface area contributed by atoms with Crippen molar-refractivity contribution in [2.75, 3.05) is 20.3 Å². The molecule has 0 unspecified atom stereocenters. The van der Waals surface area contributed by atoms with Gasteiger partial charge in [0.05, 0.1) is 25.4 Å². The molecular weight excluding hydrogens is 348 g/mol. The summed E-state index contributed by atoms with van der Waals surface area (Å²) in [4.78, 5) is 12.3. The fraction of sp³-hybridized carbons (Fsp3) is 0.706. The average molecular weight is 372 g/mol. The maximum atomic E-state index is 12.3. The molecule has 2 heterocycles. The van der Waals surface area contributed by atoms with Crippen molar-refractivity contribution in [3.63, 3.8) is 0 Å². The van der Waals surface area contributed by atoms with E-state index in [0.29, 0.717) is 11.1 Å². The lowest BCUT2D eigenvalue weighted by Crippen LogP contribution is -2.61. The fourth-order valence-electron chi connectivity index (χ4n) is 3.48. The predicted octanol–water partition coefficient (Wildman–Crippen LogP) is -1.40. The minimum absolute atomic E-state index is 0.0953. The van der Waals surface area contributed by atoms with Crippen molar-refractivity contribution < 1.29 is 44.2 Å². The second-order valence-electron chi connectivity index (χ2n) is 6.80. The van der Waals surface area contributed by atoms with Crippen LogP contribution in [0.15, 0.2) is 23.5 Å². The Kier molecular flexibility index (Phi) is 5.50. The van der Waals surface area contributed by atoms with Gasteiger partial charge in [0.2, 0.25) is 5.79 Å². The monoisotopic (exact) mass is 372 g/mol. The Labute approximate surface area is 150 Å². The normalized spacial score (nSPS) is 42.8. The van der Waals surface area contributed by atoms with Crippen LogP contribution >= 0.6 is 0 Å². The van der Waals surface area contributed by atoms with Crippen LogP contribution in [0.3, 0.4) is 0 Å². The third kappa shape index (κ3) is 3.20. The first kappa shape index (κ1) is 19.4. The number of aliphatic hydroxyl groups is 4. The van der Waals surface area contributed by atoms with E-state index in [4.69, 9.17) is 18.9 Å². The molecule has 1 saturated heterocycles. The molecule has 3 aliphatic rings. The van der Waals surface area contributed by atoms with E-state index >= 15 is 0 Å². The quantitative estimate of drug-likeness (QED) is 0.459. The molecule has 4 N–H and O–H groups in total. The van der Waals surface area contributed by atoms with Crippen LogP contribution in [-0.2, 0) is 23.7 Å². The smallest absolute Gasteiger partial charge is 0.235 e. The van der Waals surface area contributed by atoms with Crippen LogP contribution in [0.25, 0.3) is 0 Å². The Morgan fingerprint density at radius 1 is 1.27 bits per heavy atom. The maximum Gasteiger partial charge on any atom is 0.235 e. The van der Waals surface area contributed by atoms with Crippen molar-refractivity contribution in [1.82, 2.24) is 0 Å². The minimum Gasteiger partial charge on any atom is -0.466 e. The molecule has 9 nitrogen and oxygen atoms in total. The minimum atomic E-state index is -1.56. The van der Waals surface area contributed by atoms with Gasteiger partial charge in [-0.3, -0.25) is 4.79 Å². The summed E-state index contributed by atoms with van der Waals surface area (Å²) in [6.07, 6.45) is -4.06. The number of aliphatic hydroxyl groups excluding tert-OH is 4. The summed E-state index contributed by atoms with van der Waals surface area (Å²) in [6.45, 7) is 1.33. The largest absolute Gasteiger partial charge is 0.466 e. The molecule has 146 valence electrons. The molecule has 1 aliphatic carbocycles. The molecule has 0 amide bonds. The molecule has 2 bridgehead atoms. The Balaban J connectivity index is 1.85. The second-order valence-corrected chi connectivity index (χ2v) is 6.80. The lowest BCUT2D eigenvalue weighted by Gasteiger charge is -2.47. The zero-order chi connectivity index (χ0) is 19.1. The highest BCUT2D eigenvalue weighted by Gasteiger charge is 2.53. The Hall–Kier alpha value is -1.33. The molecule has 1 fully saturated rings. The number of allylic oxidation sites excluding steroid dienone is 1. The van der Waals surface area contributed by atoms with E-state index < -0.39 is 49.0 Å². The second kappa shape index (κ2) is 7.35. The van der Waals surface area contributed by atoms with Crippen LogP contribution in [0.4, 0.5) is 0 Å². The van der Waals surface area contributed by atoms with E-state index in [1.807, 2.05) is 0 Å². The molecule has 0 spiro atoms. The average Bonchev–Trinajstić information content (AvgIpc) is 2.62. The Morgan fingerprint density at radius 2 is 2.00 bits per heavy atom. The summed E-state index contributed by atoms with van der Waals surface area (Å²) in [7, 11) is 1.52. The summed E-state index contributed by atoms with van der Waals surface area (Å²) in [5, 5.41) is 39.3. The third-order valence-corrected chi connectivity index (χ3v) is 5.09. The molecule has 7 atom stereocenters. The number of rotatable bonds is 5. The number of hydrogen-bond acceptors (Lipinski definition) is 9. The summed E-state index contributed by atoms with van der Waals surface area (Å²) < 4.78 is 22.1. The highest BCUT2D eigenvalue weighted by molar-refractivity contribution is 5.96. The summed E-state index contributed by atoms with van der Waals surface area (Å²) in [5.41, 5.74) is 1.16. The lowest BCUT2D eigenvalue weighted by molar-refractivity contribution is -0.357.